The lowest BCUT2D eigenvalue weighted by Gasteiger charge is -2.22. The quantitative estimate of drug-likeness (QED) is 0.359. The fourth-order valence-corrected chi connectivity index (χ4v) is 1.52. The van der Waals surface area contributed by atoms with Crippen molar-refractivity contribution in [3.05, 3.63) is 34.0 Å². The van der Waals surface area contributed by atoms with Crippen molar-refractivity contribution in [3.8, 4) is 0 Å². The molecule has 1 unspecified atom stereocenters. The molecule has 1 rings (SSSR count). The number of pyridine rings is 1. The summed E-state index contributed by atoms with van der Waals surface area (Å²) >= 11 is 0. The van der Waals surface area contributed by atoms with Crippen molar-refractivity contribution >= 4 is 17.8 Å². The van der Waals surface area contributed by atoms with Crippen molar-refractivity contribution in [1.29, 1.82) is 0 Å². The molecular formula is C13H16N2O6. The first-order valence-corrected chi connectivity index (χ1v) is 6.06. The highest BCUT2D eigenvalue weighted by Gasteiger charge is 2.35. The summed E-state index contributed by atoms with van der Waals surface area (Å²) in [5, 5.41) is 10.6. The zero-order chi connectivity index (χ0) is 16.2. The minimum atomic E-state index is -1.33. The first-order chi connectivity index (χ1) is 9.65. The highest BCUT2D eigenvalue weighted by Crippen LogP contribution is 2.23. The van der Waals surface area contributed by atoms with Crippen LogP contribution < -0.4 is 0 Å². The van der Waals surface area contributed by atoms with E-state index in [-0.39, 0.29) is 11.4 Å². The van der Waals surface area contributed by atoms with E-state index in [0.717, 1.165) is 19.4 Å². The average Bonchev–Trinajstić information content (AvgIpc) is 2.37. The van der Waals surface area contributed by atoms with E-state index in [1.54, 1.807) is 20.8 Å². The fraction of sp³-hybridized carbons (Fsp3) is 0.462. The highest BCUT2D eigenvalue weighted by atomic mass is 16.6. The maximum Gasteiger partial charge on any atom is 0.363 e. The molecule has 0 saturated carbocycles. The molecule has 0 fully saturated rings. The van der Waals surface area contributed by atoms with Gasteiger partial charge in [-0.3, -0.25) is 9.59 Å². The molecule has 1 aromatic heterocycles. The summed E-state index contributed by atoms with van der Waals surface area (Å²) in [6.45, 7) is 4.98. The summed E-state index contributed by atoms with van der Waals surface area (Å²) in [7, 11) is 1.14. The summed E-state index contributed by atoms with van der Waals surface area (Å²) in [5.74, 6) is -3.33. The van der Waals surface area contributed by atoms with Crippen LogP contribution >= 0.6 is 0 Å². The number of aromatic nitrogens is 1. The van der Waals surface area contributed by atoms with E-state index < -0.39 is 28.4 Å². The maximum absolute atomic E-state index is 12.1. The van der Waals surface area contributed by atoms with Crippen LogP contribution in [-0.4, -0.2) is 34.6 Å². The van der Waals surface area contributed by atoms with Crippen molar-refractivity contribution in [1.82, 2.24) is 4.98 Å². The summed E-state index contributed by atoms with van der Waals surface area (Å²) < 4.78 is 9.73. The first kappa shape index (κ1) is 16.5. The van der Waals surface area contributed by atoms with Gasteiger partial charge >= 0.3 is 17.8 Å². The third kappa shape index (κ3) is 4.51. The molecule has 1 atom stereocenters. The van der Waals surface area contributed by atoms with Crippen LogP contribution in [0.2, 0.25) is 0 Å². The van der Waals surface area contributed by atoms with Crippen LogP contribution in [0.5, 0.6) is 0 Å². The zero-order valence-corrected chi connectivity index (χ0v) is 12.2. The Morgan fingerprint density at radius 3 is 2.29 bits per heavy atom. The number of esters is 2. The minimum absolute atomic E-state index is 0.168. The molecule has 8 nitrogen and oxygen atoms in total. The molecule has 114 valence electrons. The van der Waals surface area contributed by atoms with Gasteiger partial charge in [0.15, 0.2) is 5.92 Å². The lowest BCUT2D eigenvalue weighted by Crippen LogP contribution is -2.32. The molecule has 0 aliphatic heterocycles. The van der Waals surface area contributed by atoms with Crippen LogP contribution in [0.15, 0.2) is 18.3 Å². The summed E-state index contributed by atoms with van der Waals surface area (Å²) in [6.07, 6.45) is 1.09. The number of rotatable bonds is 4. The van der Waals surface area contributed by atoms with Gasteiger partial charge in [0.25, 0.3) is 0 Å². The van der Waals surface area contributed by atoms with Crippen LogP contribution in [0, 0.1) is 10.1 Å². The Morgan fingerprint density at radius 2 is 1.90 bits per heavy atom. The number of nitro groups is 1. The summed E-state index contributed by atoms with van der Waals surface area (Å²) in [4.78, 5) is 37.3. The van der Waals surface area contributed by atoms with Crippen molar-refractivity contribution in [3.63, 3.8) is 0 Å². The Labute approximate surface area is 121 Å². The number of nitrogens with zero attached hydrogens (tertiary/aromatic N) is 2. The maximum atomic E-state index is 12.1. The topological polar surface area (TPSA) is 109 Å². The molecule has 21 heavy (non-hydrogen) atoms. The van der Waals surface area contributed by atoms with E-state index >= 15 is 0 Å². The smallest absolute Gasteiger partial charge is 0.363 e. The largest absolute Gasteiger partial charge is 0.468 e. The molecule has 0 radical (unpaired) electrons. The molecule has 0 aromatic carbocycles. The van der Waals surface area contributed by atoms with E-state index in [9.17, 15) is 19.7 Å². The van der Waals surface area contributed by atoms with E-state index in [2.05, 4.69) is 9.72 Å². The molecule has 0 amide bonds. The molecule has 0 aliphatic carbocycles. The highest BCUT2D eigenvalue weighted by molar-refractivity contribution is 6.00. The van der Waals surface area contributed by atoms with Crippen LogP contribution in [0.1, 0.15) is 32.3 Å². The van der Waals surface area contributed by atoms with Gasteiger partial charge in [0.1, 0.15) is 11.8 Å². The monoisotopic (exact) mass is 296 g/mol. The Morgan fingerprint density at radius 1 is 1.29 bits per heavy atom. The molecule has 8 heteroatoms. The standard InChI is InChI=1S/C13H16N2O6/c1-13(2,3)21-12(17)10(11(16)20-4)8-5-6-9(14-7-8)15(18)19/h5-7,10H,1-4H3. The number of hydrogen-bond donors (Lipinski definition) is 0. The van der Waals surface area contributed by atoms with Gasteiger partial charge in [-0.25, -0.2) is 0 Å². The van der Waals surface area contributed by atoms with Crippen LogP contribution in [0.3, 0.4) is 0 Å². The van der Waals surface area contributed by atoms with Crippen LogP contribution in [0.25, 0.3) is 0 Å². The van der Waals surface area contributed by atoms with E-state index in [0.29, 0.717) is 0 Å². The number of hydrogen-bond acceptors (Lipinski definition) is 7. The van der Waals surface area contributed by atoms with Gasteiger partial charge < -0.3 is 19.6 Å². The van der Waals surface area contributed by atoms with Gasteiger partial charge in [-0.05, 0) is 36.7 Å². The third-order valence-corrected chi connectivity index (χ3v) is 2.37. The predicted molar refractivity (Wildman–Crippen MR) is 71.5 cm³/mol. The number of methoxy groups -OCH3 is 1. The molecule has 1 aromatic rings. The van der Waals surface area contributed by atoms with Gasteiger partial charge in [0, 0.05) is 11.6 Å². The summed E-state index contributed by atoms with van der Waals surface area (Å²) in [6, 6.07) is 2.38. The second kappa shape index (κ2) is 6.29. The van der Waals surface area contributed by atoms with Crippen molar-refractivity contribution < 1.29 is 24.0 Å². The SMILES string of the molecule is COC(=O)C(C(=O)OC(C)(C)C)c1ccc([N+](=O)[O-])nc1. The zero-order valence-electron chi connectivity index (χ0n) is 12.2. The lowest BCUT2D eigenvalue weighted by molar-refractivity contribution is -0.389. The van der Waals surface area contributed by atoms with Gasteiger partial charge in [-0.2, -0.15) is 0 Å². The van der Waals surface area contributed by atoms with Crippen LogP contribution in [0.4, 0.5) is 5.82 Å². The van der Waals surface area contributed by atoms with Crippen molar-refractivity contribution in [2.45, 2.75) is 32.3 Å². The lowest BCUT2D eigenvalue weighted by atomic mass is 10.0. The van der Waals surface area contributed by atoms with Crippen molar-refractivity contribution in [2.75, 3.05) is 7.11 Å². The number of ether oxygens (including phenoxy) is 2. The fourth-order valence-electron chi connectivity index (χ4n) is 1.52. The third-order valence-electron chi connectivity index (χ3n) is 2.37. The first-order valence-electron chi connectivity index (χ1n) is 6.06. The second-order valence-corrected chi connectivity index (χ2v) is 5.20. The Kier molecular flexibility index (Phi) is 4.96. The molecular weight excluding hydrogens is 280 g/mol. The second-order valence-electron chi connectivity index (χ2n) is 5.20. The molecule has 0 aliphatic rings. The van der Waals surface area contributed by atoms with Gasteiger partial charge in [0.2, 0.25) is 0 Å². The minimum Gasteiger partial charge on any atom is -0.468 e. The number of carbonyl (C=O) groups is 2. The van der Waals surface area contributed by atoms with Gasteiger partial charge in [-0.1, -0.05) is 0 Å². The Bertz CT molecular complexity index is 547. The molecule has 0 bridgehead atoms. The molecule has 0 saturated heterocycles. The molecule has 1 heterocycles. The predicted octanol–water partition coefficient (Wildman–Crippen LogP) is 1.59. The summed E-state index contributed by atoms with van der Waals surface area (Å²) in [5.41, 5.74) is -0.612. The molecule has 0 spiro atoms. The Balaban J connectivity index is 3.11. The Hall–Kier alpha value is -2.51. The van der Waals surface area contributed by atoms with Gasteiger partial charge in [-0.15, -0.1) is 0 Å². The van der Waals surface area contributed by atoms with Crippen LogP contribution in [-0.2, 0) is 19.1 Å². The normalized spacial score (nSPS) is 12.4. The van der Waals surface area contributed by atoms with E-state index in [4.69, 9.17) is 4.74 Å². The number of carbonyl (C=O) groups excluding carboxylic acids is 2. The van der Waals surface area contributed by atoms with E-state index in [1.165, 1.54) is 6.07 Å². The van der Waals surface area contributed by atoms with E-state index in [1.807, 2.05) is 0 Å². The van der Waals surface area contributed by atoms with Gasteiger partial charge in [0.05, 0.1) is 7.11 Å². The molecule has 0 N–H and O–H groups in total. The average molecular weight is 296 g/mol. The van der Waals surface area contributed by atoms with Crippen molar-refractivity contribution in [2.24, 2.45) is 0 Å².